The van der Waals surface area contributed by atoms with Crippen LogP contribution in [0, 0.1) is 12.9 Å². The standard InChI is InChI=1S/C24H30BFN4.C2H6/c1-4-5-9-23(25-18(3)21-16-29-28-14-17(21)2)30-22(20-7-6-8-20)12-10-19-11-13-24(26)27-15-19;1-2/h11,13-16,30H,3-10,12H2,1-2H3;1-2H3. The maximum atomic E-state index is 13.1. The molecular weight excluding hydrogens is 398 g/mol. The van der Waals surface area contributed by atoms with Gasteiger partial charge in [0.15, 0.2) is 0 Å². The SMILES string of the molecule is C=C(B=C(CCCC)NC(CCc1ccc(F)nc1)=C1CCC1)c1cnncc1C.CC. The summed E-state index contributed by atoms with van der Waals surface area (Å²) in [4.78, 5) is 3.78. The Balaban J connectivity index is 0.00000176. The van der Waals surface area contributed by atoms with Crippen LogP contribution in [0.15, 0.2) is 48.6 Å². The third-order valence-corrected chi connectivity index (χ3v) is 5.57. The van der Waals surface area contributed by atoms with Crippen LogP contribution in [0.25, 0.3) is 5.47 Å². The first-order chi connectivity index (χ1) is 15.6. The quantitative estimate of drug-likeness (QED) is 0.368. The topological polar surface area (TPSA) is 50.7 Å². The van der Waals surface area contributed by atoms with E-state index in [4.69, 9.17) is 0 Å². The Bertz CT molecular complexity index is 929. The van der Waals surface area contributed by atoms with Gasteiger partial charge in [-0.2, -0.15) is 0 Å². The summed E-state index contributed by atoms with van der Waals surface area (Å²) in [6, 6.07) is 3.25. The van der Waals surface area contributed by atoms with Crippen molar-refractivity contribution in [2.24, 2.45) is 0 Å². The summed E-state index contributed by atoms with van der Waals surface area (Å²) in [5.41, 5.74) is 8.08. The third-order valence-electron chi connectivity index (χ3n) is 5.57. The third kappa shape index (κ3) is 7.81. The monoisotopic (exact) mass is 434 g/mol. The number of aryl methyl sites for hydroxylation is 2. The van der Waals surface area contributed by atoms with Crippen molar-refractivity contribution in [3.8, 4) is 0 Å². The molecular formula is C26H36BFN4. The zero-order chi connectivity index (χ0) is 23.3. The van der Waals surface area contributed by atoms with Crippen LogP contribution in [-0.2, 0) is 6.42 Å². The number of unbranched alkanes of at least 4 members (excludes halogenated alkanes) is 1. The van der Waals surface area contributed by atoms with Gasteiger partial charge < -0.3 is 0 Å². The predicted octanol–water partition coefficient (Wildman–Crippen LogP) is 6.00. The first-order valence-corrected chi connectivity index (χ1v) is 11.8. The summed E-state index contributed by atoms with van der Waals surface area (Å²) in [6.45, 7) is 14.7. The number of nitrogens with one attached hydrogen (secondary N) is 1. The number of nitrogens with zero attached hydrogens (tertiary/aromatic N) is 3. The van der Waals surface area contributed by atoms with E-state index in [1.807, 2.05) is 26.8 Å². The molecule has 0 amide bonds. The molecule has 4 nitrogen and oxygen atoms in total. The molecule has 1 aliphatic rings. The molecule has 3 rings (SSSR count). The largest absolute Gasteiger partial charge is 0.0683 e. The number of rotatable bonds is 10. The summed E-state index contributed by atoms with van der Waals surface area (Å²) in [7, 11) is 0. The molecule has 0 unspecified atom stereocenters. The van der Waals surface area contributed by atoms with Gasteiger partial charge in [0.1, 0.15) is 0 Å². The molecule has 1 aliphatic carbocycles. The van der Waals surface area contributed by atoms with Crippen LogP contribution >= 0.6 is 0 Å². The molecule has 0 aromatic carbocycles. The Morgan fingerprint density at radius 1 is 1.12 bits per heavy atom. The molecule has 0 aliphatic heterocycles. The number of hydrogen-bond donors (Lipinski definition) is 1. The fraction of sp³-hybridized carbons (Fsp3) is 0.462. The molecule has 170 valence electrons. The van der Waals surface area contributed by atoms with Crippen LogP contribution in [0.5, 0.6) is 0 Å². The van der Waals surface area contributed by atoms with Gasteiger partial charge in [0.25, 0.3) is 0 Å². The van der Waals surface area contributed by atoms with Gasteiger partial charge in [0.2, 0.25) is 0 Å². The zero-order valence-electron chi connectivity index (χ0n) is 20.0. The second-order valence-corrected chi connectivity index (χ2v) is 7.93. The van der Waals surface area contributed by atoms with Crippen molar-refractivity contribution >= 4 is 18.0 Å². The Morgan fingerprint density at radius 3 is 2.47 bits per heavy atom. The molecule has 2 aromatic heterocycles. The summed E-state index contributed by atoms with van der Waals surface area (Å²) < 4.78 is 13.1. The van der Waals surface area contributed by atoms with Gasteiger partial charge in [-0.1, -0.05) is 13.8 Å². The van der Waals surface area contributed by atoms with Crippen molar-refractivity contribution in [2.45, 2.75) is 79.1 Å². The van der Waals surface area contributed by atoms with E-state index < -0.39 is 5.95 Å². The number of pyridine rings is 1. The van der Waals surface area contributed by atoms with Gasteiger partial charge in [-0.25, -0.2) is 0 Å². The van der Waals surface area contributed by atoms with E-state index >= 15 is 0 Å². The molecule has 32 heavy (non-hydrogen) atoms. The van der Waals surface area contributed by atoms with Crippen LogP contribution < -0.4 is 5.32 Å². The molecule has 2 aromatic rings. The van der Waals surface area contributed by atoms with Crippen LogP contribution in [0.4, 0.5) is 4.39 Å². The van der Waals surface area contributed by atoms with Gasteiger partial charge in [-0.05, 0) is 0 Å². The first kappa shape index (κ1) is 25.6. The first-order valence-electron chi connectivity index (χ1n) is 11.8. The summed E-state index contributed by atoms with van der Waals surface area (Å²) in [6.07, 6.45) is 13.7. The molecule has 0 radical (unpaired) electrons. The number of hydrogen-bond acceptors (Lipinski definition) is 4. The van der Waals surface area contributed by atoms with Crippen molar-refractivity contribution in [3.05, 3.63) is 71.2 Å². The van der Waals surface area contributed by atoms with Gasteiger partial charge in [0.05, 0.1) is 0 Å². The molecule has 0 atom stereocenters. The van der Waals surface area contributed by atoms with Crippen LogP contribution in [-0.4, -0.2) is 27.7 Å². The number of allylic oxidation sites excluding steroid dienone is 2. The fourth-order valence-corrected chi connectivity index (χ4v) is 3.55. The van der Waals surface area contributed by atoms with E-state index in [-0.39, 0.29) is 0 Å². The maximum Gasteiger partial charge on any atom is -0.0683 e. The van der Waals surface area contributed by atoms with Crippen molar-refractivity contribution < 1.29 is 4.39 Å². The van der Waals surface area contributed by atoms with Crippen molar-refractivity contribution in [1.29, 1.82) is 0 Å². The summed E-state index contributed by atoms with van der Waals surface area (Å²) >= 11 is 0. The molecule has 1 N–H and O–H groups in total. The fourth-order valence-electron chi connectivity index (χ4n) is 3.55. The molecule has 0 saturated heterocycles. The van der Waals surface area contributed by atoms with Crippen molar-refractivity contribution in [3.63, 3.8) is 0 Å². The van der Waals surface area contributed by atoms with Gasteiger partial charge in [-0.15, -0.1) is 0 Å². The average Bonchev–Trinajstić information content (AvgIpc) is 2.77. The molecule has 0 bridgehead atoms. The molecule has 6 heteroatoms. The minimum Gasteiger partial charge on any atom is -0.0683 e. The van der Waals surface area contributed by atoms with E-state index in [0.717, 1.165) is 67.1 Å². The minimum atomic E-state index is -0.432. The average molecular weight is 434 g/mol. The van der Waals surface area contributed by atoms with E-state index in [0.29, 0.717) is 0 Å². The smallest absolute Gasteiger partial charge is 0.0683 e. The second kappa shape index (κ2) is 13.7. The Labute approximate surface area is 193 Å². The Hall–Kier alpha value is -2.63. The zero-order valence-corrected chi connectivity index (χ0v) is 20.0. The summed E-state index contributed by atoms with van der Waals surface area (Å²) in [5.74, 6) is -0.432. The molecule has 1 fully saturated rings. The van der Waals surface area contributed by atoms with Crippen molar-refractivity contribution in [1.82, 2.24) is 20.5 Å². The maximum absolute atomic E-state index is 13.1. The minimum absolute atomic E-state index is 0.432. The van der Waals surface area contributed by atoms with E-state index in [2.05, 4.69) is 40.9 Å². The normalized spacial score (nSPS) is 12.8. The Morgan fingerprint density at radius 2 is 1.88 bits per heavy atom. The van der Waals surface area contributed by atoms with E-state index in [1.54, 1.807) is 18.6 Å². The number of aromatic nitrogens is 3. The molecule has 2 heterocycles. The van der Waals surface area contributed by atoms with Crippen LogP contribution in [0.1, 0.15) is 82.4 Å². The van der Waals surface area contributed by atoms with E-state index in [9.17, 15) is 4.39 Å². The van der Waals surface area contributed by atoms with Crippen molar-refractivity contribution in [2.75, 3.05) is 0 Å². The predicted molar refractivity (Wildman–Crippen MR) is 134 cm³/mol. The molecule has 1 saturated carbocycles. The van der Waals surface area contributed by atoms with Gasteiger partial charge in [0, 0.05) is 0 Å². The van der Waals surface area contributed by atoms with E-state index in [1.165, 1.54) is 29.3 Å². The van der Waals surface area contributed by atoms with Gasteiger partial charge in [-0.3, -0.25) is 0 Å². The Kier molecular flexibility index (Phi) is 11.0. The van der Waals surface area contributed by atoms with Crippen LogP contribution in [0.2, 0.25) is 0 Å². The number of halogens is 1. The van der Waals surface area contributed by atoms with Gasteiger partial charge >= 0.3 is 179 Å². The second-order valence-electron chi connectivity index (χ2n) is 7.93. The van der Waals surface area contributed by atoms with Crippen LogP contribution in [0.3, 0.4) is 0 Å². The summed E-state index contributed by atoms with van der Waals surface area (Å²) in [5, 5.41) is 11.7. The molecule has 0 spiro atoms.